The number of hydrogen-bond donors (Lipinski definition) is 0. The van der Waals surface area contributed by atoms with Crippen molar-refractivity contribution in [2.75, 3.05) is 38.6 Å². The van der Waals surface area contributed by atoms with Crippen LogP contribution >= 0.6 is 11.8 Å². The van der Waals surface area contributed by atoms with Crippen LogP contribution in [0.15, 0.2) is 5.10 Å². The van der Waals surface area contributed by atoms with E-state index < -0.39 is 0 Å². The Balaban J connectivity index is 2.01. The standard InChI is InChI=1S/C9H15N3O2S/c1-2-12-8(13)7-15-9(12)10-11-3-5-14-6-4-11/h2-7H2,1H3/b10-9+. The van der Waals surface area contributed by atoms with Gasteiger partial charge in [0.15, 0.2) is 5.17 Å². The van der Waals surface area contributed by atoms with E-state index in [9.17, 15) is 4.79 Å². The molecule has 0 aromatic carbocycles. The highest BCUT2D eigenvalue weighted by Gasteiger charge is 2.27. The first-order valence-electron chi connectivity index (χ1n) is 5.15. The summed E-state index contributed by atoms with van der Waals surface area (Å²) in [7, 11) is 0. The van der Waals surface area contributed by atoms with Crippen molar-refractivity contribution < 1.29 is 9.53 Å². The van der Waals surface area contributed by atoms with Crippen molar-refractivity contribution in [1.29, 1.82) is 0 Å². The molecule has 2 saturated heterocycles. The van der Waals surface area contributed by atoms with Gasteiger partial charge in [0.25, 0.3) is 0 Å². The summed E-state index contributed by atoms with van der Waals surface area (Å²) >= 11 is 1.52. The highest BCUT2D eigenvalue weighted by molar-refractivity contribution is 8.15. The van der Waals surface area contributed by atoms with Gasteiger partial charge in [0, 0.05) is 6.54 Å². The summed E-state index contributed by atoms with van der Waals surface area (Å²) in [5.41, 5.74) is 0. The summed E-state index contributed by atoms with van der Waals surface area (Å²) in [5.74, 6) is 0.686. The number of thioether (sulfide) groups is 1. The lowest BCUT2D eigenvalue weighted by atomic mass is 10.5. The minimum absolute atomic E-state index is 0.162. The first-order valence-corrected chi connectivity index (χ1v) is 6.14. The Morgan fingerprint density at radius 2 is 2.20 bits per heavy atom. The Hall–Kier alpha value is -0.750. The topological polar surface area (TPSA) is 45.1 Å². The molecule has 0 radical (unpaired) electrons. The smallest absolute Gasteiger partial charge is 0.239 e. The molecule has 0 aromatic heterocycles. The zero-order valence-electron chi connectivity index (χ0n) is 8.81. The Morgan fingerprint density at radius 3 is 2.87 bits per heavy atom. The molecule has 0 unspecified atom stereocenters. The fraction of sp³-hybridized carbons (Fsp3) is 0.778. The third kappa shape index (κ3) is 2.43. The third-order valence-corrected chi connectivity index (χ3v) is 3.34. The predicted octanol–water partition coefficient (Wildman–Crippen LogP) is 0.185. The minimum atomic E-state index is 0.162. The normalized spacial score (nSPS) is 25.4. The maximum absolute atomic E-state index is 11.4. The van der Waals surface area contributed by atoms with Crippen LogP contribution in [0.1, 0.15) is 6.92 Å². The van der Waals surface area contributed by atoms with Crippen LogP contribution in [0.3, 0.4) is 0 Å². The highest BCUT2D eigenvalue weighted by atomic mass is 32.2. The summed E-state index contributed by atoms with van der Waals surface area (Å²) in [4.78, 5) is 13.2. The Morgan fingerprint density at radius 1 is 1.47 bits per heavy atom. The van der Waals surface area contributed by atoms with Crippen molar-refractivity contribution >= 4 is 22.8 Å². The lowest BCUT2D eigenvalue weighted by molar-refractivity contribution is -0.123. The number of ether oxygens (including phenoxy) is 1. The molecule has 0 aliphatic carbocycles. The van der Waals surface area contributed by atoms with Gasteiger partial charge in [-0.2, -0.15) is 5.10 Å². The molecule has 6 heteroatoms. The monoisotopic (exact) mass is 229 g/mol. The van der Waals surface area contributed by atoms with Gasteiger partial charge in [-0.15, -0.1) is 0 Å². The van der Waals surface area contributed by atoms with Crippen LogP contribution in [0.4, 0.5) is 0 Å². The summed E-state index contributed by atoms with van der Waals surface area (Å²) in [6, 6.07) is 0. The van der Waals surface area contributed by atoms with Gasteiger partial charge in [-0.1, -0.05) is 11.8 Å². The lowest BCUT2D eigenvalue weighted by Gasteiger charge is -2.25. The van der Waals surface area contributed by atoms with E-state index in [0.29, 0.717) is 12.3 Å². The van der Waals surface area contributed by atoms with Crippen molar-refractivity contribution in [3.8, 4) is 0 Å². The van der Waals surface area contributed by atoms with Crippen LogP contribution in [0.25, 0.3) is 0 Å². The molecule has 0 saturated carbocycles. The Labute approximate surface area is 93.4 Å². The van der Waals surface area contributed by atoms with Crippen LogP contribution in [0, 0.1) is 0 Å². The maximum atomic E-state index is 11.4. The third-order valence-electron chi connectivity index (χ3n) is 2.39. The average molecular weight is 229 g/mol. The molecule has 1 amide bonds. The number of amidine groups is 1. The molecule has 5 nitrogen and oxygen atoms in total. The summed E-state index contributed by atoms with van der Waals surface area (Å²) in [6.07, 6.45) is 0. The van der Waals surface area contributed by atoms with Crippen molar-refractivity contribution in [1.82, 2.24) is 9.91 Å². The summed E-state index contributed by atoms with van der Waals surface area (Å²) in [5, 5.41) is 7.29. The molecule has 2 aliphatic rings. The number of hydrogen-bond acceptors (Lipinski definition) is 5. The largest absolute Gasteiger partial charge is 0.378 e. The number of amides is 1. The fourth-order valence-electron chi connectivity index (χ4n) is 1.56. The molecule has 0 bridgehead atoms. The molecule has 15 heavy (non-hydrogen) atoms. The van der Waals surface area contributed by atoms with Gasteiger partial charge < -0.3 is 4.74 Å². The number of morpholine rings is 1. The second-order valence-electron chi connectivity index (χ2n) is 3.38. The van der Waals surface area contributed by atoms with Crippen LogP contribution in [-0.4, -0.2) is 59.6 Å². The van der Waals surface area contributed by atoms with Gasteiger partial charge in [-0.3, -0.25) is 14.7 Å². The van der Waals surface area contributed by atoms with Crippen LogP contribution in [0.2, 0.25) is 0 Å². The molecule has 2 fully saturated rings. The van der Waals surface area contributed by atoms with Crippen LogP contribution < -0.4 is 0 Å². The van der Waals surface area contributed by atoms with E-state index in [0.717, 1.165) is 31.5 Å². The quantitative estimate of drug-likeness (QED) is 0.678. The summed E-state index contributed by atoms with van der Waals surface area (Å²) < 4.78 is 5.24. The predicted molar refractivity (Wildman–Crippen MR) is 59.7 cm³/mol. The second kappa shape index (κ2) is 4.85. The summed E-state index contributed by atoms with van der Waals surface area (Å²) in [6.45, 7) is 5.75. The Kier molecular flexibility index (Phi) is 3.48. The number of hydrazone groups is 1. The van der Waals surface area contributed by atoms with E-state index in [1.165, 1.54) is 11.8 Å². The number of carbonyl (C=O) groups excluding carboxylic acids is 1. The van der Waals surface area contributed by atoms with Gasteiger partial charge in [0.2, 0.25) is 5.91 Å². The maximum Gasteiger partial charge on any atom is 0.239 e. The molecule has 2 rings (SSSR count). The van der Waals surface area contributed by atoms with Gasteiger partial charge >= 0.3 is 0 Å². The van der Waals surface area contributed by atoms with Crippen molar-refractivity contribution in [3.05, 3.63) is 0 Å². The van der Waals surface area contributed by atoms with Crippen LogP contribution in [0.5, 0.6) is 0 Å². The van der Waals surface area contributed by atoms with E-state index in [2.05, 4.69) is 5.10 Å². The zero-order chi connectivity index (χ0) is 10.7. The van der Waals surface area contributed by atoms with Gasteiger partial charge in [0.1, 0.15) is 0 Å². The van der Waals surface area contributed by atoms with E-state index >= 15 is 0 Å². The SMILES string of the molecule is CCN1C(=O)CS/C1=N/N1CCOCC1. The molecule has 2 heterocycles. The average Bonchev–Trinajstić information content (AvgIpc) is 2.61. The molecule has 2 aliphatic heterocycles. The van der Waals surface area contributed by atoms with Crippen molar-refractivity contribution in [3.63, 3.8) is 0 Å². The molecule has 84 valence electrons. The van der Waals surface area contributed by atoms with Crippen LogP contribution in [-0.2, 0) is 9.53 Å². The first kappa shape index (κ1) is 10.8. The highest BCUT2D eigenvalue weighted by Crippen LogP contribution is 2.19. The molecule has 0 aromatic rings. The Bertz CT molecular complexity index is 277. The number of carbonyl (C=O) groups is 1. The molecular weight excluding hydrogens is 214 g/mol. The first-order chi connectivity index (χ1) is 7.31. The molecule has 0 spiro atoms. The van der Waals surface area contributed by atoms with E-state index in [1.807, 2.05) is 11.9 Å². The fourth-order valence-corrected chi connectivity index (χ4v) is 2.53. The van der Waals surface area contributed by atoms with Crippen molar-refractivity contribution in [2.24, 2.45) is 5.10 Å². The van der Waals surface area contributed by atoms with E-state index in [4.69, 9.17) is 4.74 Å². The lowest BCUT2D eigenvalue weighted by Crippen LogP contribution is -2.36. The van der Waals surface area contributed by atoms with Crippen molar-refractivity contribution in [2.45, 2.75) is 6.92 Å². The van der Waals surface area contributed by atoms with E-state index in [1.54, 1.807) is 4.90 Å². The number of rotatable bonds is 2. The zero-order valence-corrected chi connectivity index (χ0v) is 9.63. The molecule has 0 N–H and O–H groups in total. The van der Waals surface area contributed by atoms with Gasteiger partial charge in [-0.25, -0.2) is 0 Å². The molecule has 0 atom stereocenters. The second-order valence-corrected chi connectivity index (χ2v) is 4.32. The molecular formula is C9H15N3O2S. The van der Waals surface area contributed by atoms with Gasteiger partial charge in [-0.05, 0) is 6.92 Å². The minimum Gasteiger partial charge on any atom is -0.378 e. The number of nitrogens with zero attached hydrogens (tertiary/aromatic N) is 3. The van der Waals surface area contributed by atoms with Gasteiger partial charge in [0.05, 0.1) is 32.1 Å². The van der Waals surface area contributed by atoms with E-state index in [-0.39, 0.29) is 5.91 Å².